The Morgan fingerprint density at radius 3 is 1.06 bits per heavy atom. The lowest BCUT2D eigenvalue weighted by atomic mass is 9.99. The first-order chi connectivity index (χ1) is 33.3. The van der Waals surface area contributed by atoms with Gasteiger partial charge in [-0.1, -0.05) is 186 Å². The minimum atomic E-state index is 0.595. The van der Waals surface area contributed by atoms with Gasteiger partial charge < -0.3 is 4.57 Å². The molecule has 9 aromatic carbocycles. The van der Waals surface area contributed by atoms with E-state index in [9.17, 15) is 5.26 Å². The van der Waals surface area contributed by atoms with E-state index in [0.717, 1.165) is 111 Å². The Bertz CT molecular complexity index is 3770. The summed E-state index contributed by atoms with van der Waals surface area (Å²) in [7, 11) is 0. The molecule has 0 bridgehead atoms. The van der Waals surface area contributed by atoms with Crippen molar-refractivity contribution in [2.24, 2.45) is 0 Å². The van der Waals surface area contributed by atoms with Gasteiger partial charge in [0.1, 0.15) is 5.82 Å². The maximum absolute atomic E-state index is 10.8. The molecule has 0 N–H and O–H groups in total. The van der Waals surface area contributed by atoms with E-state index in [4.69, 9.17) is 4.98 Å². The Labute approximate surface area is 396 Å². The predicted octanol–water partition coefficient (Wildman–Crippen LogP) is 16.7. The van der Waals surface area contributed by atoms with Crippen molar-refractivity contribution in [2.75, 3.05) is 0 Å². The van der Waals surface area contributed by atoms with E-state index in [-0.39, 0.29) is 0 Å². The number of pyridine rings is 1. The van der Waals surface area contributed by atoms with Gasteiger partial charge in [-0.25, -0.2) is 4.98 Å². The lowest BCUT2D eigenvalue weighted by molar-refractivity contribution is 1.06. The minimum absolute atomic E-state index is 0.595. The summed E-state index contributed by atoms with van der Waals surface area (Å²) in [6, 6.07) is 74.8. The van der Waals surface area contributed by atoms with Crippen LogP contribution in [0.3, 0.4) is 0 Å². The van der Waals surface area contributed by atoms with E-state index in [2.05, 4.69) is 225 Å². The molecule has 0 aliphatic heterocycles. The van der Waals surface area contributed by atoms with Crippen molar-refractivity contribution in [3.8, 4) is 73.2 Å². The topological polar surface area (TPSA) is 46.5 Å². The highest BCUT2D eigenvalue weighted by atomic mass is 15.1. The molecule has 3 heterocycles. The quantitative estimate of drug-likeness (QED) is 0.160. The van der Waals surface area contributed by atoms with E-state index in [1.54, 1.807) is 0 Å². The summed E-state index contributed by atoms with van der Waals surface area (Å²) in [6.45, 7) is 8.50. The third-order valence-electron chi connectivity index (χ3n) is 13.8. The molecule has 0 aliphatic rings. The van der Waals surface area contributed by atoms with Crippen LogP contribution in [0.15, 0.2) is 206 Å². The van der Waals surface area contributed by atoms with Crippen LogP contribution in [0.1, 0.15) is 27.8 Å². The highest BCUT2D eigenvalue weighted by Crippen LogP contribution is 2.42. The van der Waals surface area contributed by atoms with Crippen molar-refractivity contribution in [2.45, 2.75) is 27.7 Å². The molecule has 4 nitrogen and oxygen atoms in total. The normalized spacial score (nSPS) is 11.5. The molecule has 68 heavy (non-hydrogen) atoms. The minimum Gasteiger partial charge on any atom is -0.307 e. The van der Waals surface area contributed by atoms with Crippen LogP contribution >= 0.6 is 0 Å². The molecule has 0 atom stereocenters. The van der Waals surface area contributed by atoms with Gasteiger partial charge in [-0.05, 0) is 109 Å². The van der Waals surface area contributed by atoms with E-state index in [1.807, 2.05) is 24.4 Å². The van der Waals surface area contributed by atoms with Gasteiger partial charge in [0, 0.05) is 32.7 Å². The van der Waals surface area contributed by atoms with Crippen molar-refractivity contribution in [3.63, 3.8) is 0 Å². The van der Waals surface area contributed by atoms with Gasteiger partial charge in [0.15, 0.2) is 0 Å². The van der Waals surface area contributed by atoms with Crippen LogP contribution in [0.4, 0.5) is 0 Å². The molecule has 3 aromatic heterocycles. The second-order valence-electron chi connectivity index (χ2n) is 18.3. The lowest BCUT2D eigenvalue weighted by Crippen LogP contribution is -2.04. The third kappa shape index (κ3) is 6.96. The summed E-state index contributed by atoms with van der Waals surface area (Å²) in [4.78, 5) is 5.50. The summed E-state index contributed by atoms with van der Waals surface area (Å²) in [5, 5.41) is 15.4. The summed E-state index contributed by atoms with van der Waals surface area (Å²) in [6.07, 6.45) is 2.03. The Morgan fingerprint density at radius 1 is 0.353 bits per heavy atom. The zero-order chi connectivity index (χ0) is 46.0. The first kappa shape index (κ1) is 40.7. The summed E-state index contributed by atoms with van der Waals surface area (Å²) < 4.78 is 4.69. The van der Waals surface area contributed by atoms with Crippen molar-refractivity contribution in [3.05, 3.63) is 234 Å². The molecule has 4 heteroatoms. The second-order valence-corrected chi connectivity index (χ2v) is 18.3. The number of nitriles is 1. The van der Waals surface area contributed by atoms with Gasteiger partial charge in [0.05, 0.1) is 45.6 Å². The fourth-order valence-electron chi connectivity index (χ4n) is 10.0. The number of fused-ring (bicyclic) bond motifs is 6. The van der Waals surface area contributed by atoms with Crippen molar-refractivity contribution in [1.82, 2.24) is 14.1 Å². The van der Waals surface area contributed by atoms with Gasteiger partial charge >= 0.3 is 0 Å². The molecule has 12 aromatic rings. The molecule has 0 aliphatic carbocycles. The first-order valence-electron chi connectivity index (χ1n) is 23.2. The Balaban J connectivity index is 1.17. The molecule has 0 unspecified atom stereocenters. The Hall–Kier alpha value is -8.78. The maximum Gasteiger partial charge on any atom is 0.138 e. The van der Waals surface area contributed by atoms with Crippen LogP contribution in [0, 0.1) is 39.0 Å². The average molecular weight is 871 g/mol. The van der Waals surface area contributed by atoms with E-state index in [0.29, 0.717) is 5.56 Å². The molecule has 322 valence electrons. The zero-order valence-electron chi connectivity index (χ0n) is 38.4. The van der Waals surface area contributed by atoms with Gasteiger partial charge in [0.25, 0.3) is 0 Å². The van der Waals surface area contributed by atoms with Crippen LogP contribution in [-0.2, 0) is 0 Å². The van der Waals surface area contributed by atoms with Gasteiger partial charge in [-0.3, -0.25) is 4.57 Å². The monoisotopic (exact) mass is 870 g/mol. The number of aromatic nitrogens is 3. The Kier molecular flexibility index (Phi) is 9.74. The molecule has 0 radical (unpaired) electrons. The van der Waals surface area contributed by atoms with Crippen LogP contribution < -0.4 is 0 Å². The number of aryl methyl sites for hydroxylation is 4. The summed E-state index contributed by atoms with van der Waals surface area (Å²) in [5.74, 6) is 0.764. The maximum atomic E-state index is 10.8. The molecule has 0 amide bonds. The van der Waals surface area contributed by atoms with Crippen molar-refractivity contribution in [1.29, 1.82) is 5.26 Å². The molecule has 12 rings (SSSR count). The van der Waals surface area contributed by atoms with Crippen molar-refractivity contribution < 1.29 is 0 Å². The van der Waals surface area contributed by atoms with Crippen LogP contribution in [0.2, 0.25) is 0 Å². The number of nitrogens with zero attached hydrogens (tertiary/aromatic N) is 4. The van der Waals surface area contributed by atoms with E-state index in [1.165, 1.54) is 22.3 Å². The molecule has 0 saturated carbocycles. The summed E-state index contributed by atoms with van der Waals surface area (Å²) >= 11 is 0. The number of benzene rings is 9. The summed E-state index contributed by atoms with van der Waals surface area (Å²) in [5.41, 5.74) is 21.5. The van der Waals surface area contributed by atoms with Gasteiger partial charge in [0.2, 0.25) is 0 Å². The SMILES string of the molecule is Cc1ccc(-c2ccc3c4ccc(-c5ccc(C)cc5)cc4n(-c4cc(-c5ccccc5C#N)c(-n5c6cc(-c7ccc(C)cc7)ccc6c6ccc(-c7ccc(C)cc7)cc65)cn4)c3c2)cc1. The average Bonchev–Trinajstić information content (AvgIpc) is 3.88. The second kappa shape index (κ2) is 16.3. The molecule has 0 fully saturated rings. The fourth-order valence-corrected chi connectivity index (χ4v) is 10.0. The van der Waals surface area contributed by atoms with Crippen LogP contribution in [0.25, 0.3) is 111 Å². The lowest BCUT2D eigenvalue weighted by Gasteiger charge is -2.18. The van der Waals surface area contributed by atoms with Crippen LogP contribution in [-0.4, -0.2) is 14.1 Å². The first-order valence-corrected chi connectivity index (χ1v) is 23.2. The number of rotatable bonds is 7. The highest BCUT2D eigenvalue weighted by Gasteiger charge is 2.22. The van der Waals surface area contributed by atoms with E-state index >= 15 is 0 Å². The predicted molar refractivity (Wildman–Crippen MR) is 284 cm³/mol. The molecule has 0 spiro atoms. The van der Waals surface area contributed by atoms with Gasteiger partial charge in [-0.15, -0.1) is 0 Å². The smallest absolute Gasteiger partial charge is 0.138 e. The molecular formula is C64H46N4. The zero-order valence-corrected chi connectivity index (χ0v) is 38.4. The largest absolute Gasteiger partial charge is 0.307 e. The van der Waals surface area contributed by atoms with Gasteiger partial charge in [-0.2, -0.15) is 5.26 Å². The molecular weight excluding hydrogens is 825 g/mol. The highest BCUT2D eigenvalue weighted by molar-refractivity contribution is 6.13. The Morgan fingerprint density at radius 2 is 0.691 bits per heavy atom. The van der Waals surface area contributed by atoms with Crippen molar-refractivity contribution >= 4 is 43.6 Å². The molecule has 0 saturated heterocycles. The van der Waals surface area contributed by atoms with Crippen LogP contribution in [0.5, 0.6) is 0 Å². The standard InChI is InChI=1S/C64H46N4/c1-40-9-17-44(18-10-40)48-25-29-54-55-30-26-49(45-19-11-41(2)12-20-45)34-60(55)67(59(54)33-48)63-39-66-64(37-58(63)53-8-6-5-7-52(53)38-65)68-61-35-50(46-21-13-42(3)14-22-46)27-31-56(61)57-32-28-51(36-62(57)68)47-23-15-43(4)16-24-47/h5-37,39H,1-4H3. The number of hydrogen-bond acceptors (Lipinski definition) is 2. The third-order valence-corrected chi connectivity index (χ3v) is 13.8. The fraction of sp³-hybridized carbons (Fsp3) is 0.0625. The van der Waals surface area contributed by atoms with E-state index < -0.39 is 0 Å². The number of hydrogen-bond donors (Lipinski definition) is 0.